The van der Waals surface area contributed by atoms with Crippen molar-refractivity contribution in [2.75, 3.05) is 0 Å². The van der Waals surface area contributed by atoms with Crippen LogP contribution in [0.1, 0.15) is 13.3 Å². The molecule has 0 aromatic rings. The molecule has 0 aromatic heterocycles. The molecule has 3 nitrogen and oxygen atoms in total. The highest BCUT2D eigenvalue weighted by molar-refractivity contribution is 5.76. The second-order valence-corrected chi connectivity index (χ2v) is 2.60. The largest absolute Gasteiger partial charge is 0.414 e. The van der Waals surface area contributed by atoms with Crippen LogP contribution in [0.3, 0.4) is 0 Å². The van der Waals surface area contributed by atoms with Gasteiger partial charge in [-0.2, -0.15) is 13.2 Å². The van der Waals surface area contributed by atoms with Gasteiger partial charge in [0.2, 0.25) is 5.91 Å². The molecule has 0 aromatic carbocycles. The fourth-order valence-electron chi connectivity index (χ4n) is 0.585. The Morgan fingerprint density at radius 1 is 1.58 bits per heavy atom. The van der Waals surface area contributed by atoms with E-state index in [1.807, 2.05) is 0 Å². The van der Waals surface area contributed by atoms with Crippen molar-refractivity contribution in [3.8, 4) is 0 Å². The summed E-state index contributed by atoms with van der Waals surface area (Å²) < 4.78 is 35.0. The first-order valence-corrected chi connectivity index (χ1v) is 3.29. The number of aliphatic hydroxyl groups is 1. The van der Waals surface area contributed by atoms with Gasteiger partial charge in [-0.25, -0.2) is 0 Å². The van der Waals surface area contributed by atoms with E-state index in [9.17, 15) is 18.0 Å². The molecule has 0 rings (SSSR count). The van der Waals surface area contributed by atoms with E-state index in [1.54, 1.807) is 0 Å². The smallest absolute Gasteiger partial charge is 0.384 e. The van der Waals surface area contributed by atoms with Crippen molar-refractivity contribution in [3.63, 3.8) is 0 Å². The summed E-state index contributed by atoms with van der Waals surface area (Å²) in [5, 5.41) is 8.47. The second kappa shape index (κ2) is 3.75. The third-order valence-electron chi connectivity index (χ3n) is 1.44. The van der Waals surface area contributed by atoms with Crippen molar-refractivity contribution in [2.45, 2.75) is 25.6 Å². The Morgan fingerprint density at radius 2 is 2.00 bits per heavy atom. The first-order chi connectivity index (χ1) is 5.25. The summed E-state index contributed by atoms with van der Waals surface area (Å²) in [6.45, 7) is 1.23. The average molecular weight is 185 g/mol. The predicted octanol–water partition coefficient (Wildman–Crippen LogP) is 0.421. The number of carbonyl (C=O) groups excluding carboxylic acids is 1. The van der Waals surface area contributed by atoms with Crippen molar-refractivity contribution >= 4 is 5.91 Å². The number of halogens is 3. The molecule has 12 heavy (non-hydrogen) atoms. The number of amides is 1. The van der Waals surface area contributed by atoms with Gasteiger partial charge in [0.15, 0.2) is 6.10 Å². The molecule has 0 radical (unpaired) electrons. The maximum Gasteiger partial charge on any atom is 0.414 e. The monoisotopic (exact) mass is 185 g/mol. The van der Waals surface area contributed by atoms with Crippen LogP contribution >= 0.6 is 0 Å². The second-order valence-electron chi connectivity index (χ2n) is 2.60. The molecular weight excluding hydrogens is 175 g/mol. The number of hydrogen-bond donors (Lipinski definition) is 2. The Bertz CT molecular complexity index is 169. The van der Waals surface area contributed by atoms with Crippen LogP contribution < -0.4 is 5.73 Å². The van der Waals surface area contributed by atoms with Crippen LogP contribution in [0.15, 0.2) is 0 Å². The van der Waals surface area contributed by atoms with Crippen LogP contribution in [-0.4, -0.2) is 23.3 Å². The summed E-state index contributed by atoms with van der Waals surface area (Å²) >= 11 is 0. The Labute approximate surface area is 67.4 Å². The van der Waals surface area contributed by atoms with E-state index in [1.165, 1.54) is 6.92 Å². The van der Waals surface area contributed by atoms with Gasteiger partial charge in [-0.1, -0.05) is 6.92 Å². The van der Waals surface area contributed by atoms with Crippen LogP contribution in [0.2, 0.25) is 0 Å². The third-order valence-corrected chi connectivity index (χ3v) is 1.44. The first kappa shape index (κ1) is 11.2. The van der Waals surface area contributed by atoms with E-state index in [0.717, 1.165) is 0 Å². The minimum atomic E-state index is -4.68. The van der Waals surface area contributed by atoms with Crippen LogP contribution in [0.4, 0.5) is 13.2 Å². The summed E-state index contributed by atoms with van der Waals surface area (Å²) in [5.41, 5.74) is 4.71. The SMILES string of the molecule is CC(C[C@@H](O)C(F)(F)F)C(N)=O. The molecule has 0 spiro atoms. The molecule has 0 saturated carbocycles. The molecule has 0 aliphatic carbocycles. The van der Waals surface area contributed by atoms with Gasteiger partial charge in [0, 0.05) is 5.92 Å². The lowest BCUT2D eigenvalue weighted by Crippen LogP contribution is -2.33. The van der Waals surface area contributed by atoms with Gasteiger partial charge >= 0.3 is 6.18 Å². The van der Waals surface area contributed by atoms with Crippen molar-refractivity contribution in [2.24, 2.45) is 11.7 Å². The van der Waals surface area contributed by atoms with Crippen LogP contribution in [-0.2, 0) is 4.79 Å². The van der Waals surface area contributed by atoms with Gasteiger partial charge in [-0.15, -0.1) is 0 Å². The molecule has 3 N–H and O–H groups in total. The highest BCUT2D eigenvalue weighted by Gasteiger charge is 2.39. The van der Waals surface area contributed by atoms with Gasteiger partial charge in [0.05, 0.1) is 0 Å². The van der Waals surface area contributed by atoms with Crippen molar-refractivity contribution in [1.82, 2.24) is 0 Å². The topological polar surface area (TPSA) is 63.3 Å². The lowest BCUT2D eigenvalue weighted by atomic mass is 10.0. The Kier molecular flexibility index (Phi) is 3.51. The normalized spacial score (nSPS) is 17.1. The Hall–Kier alpha value is -0.780. The number of primary amides is 1. The average Bonchev–Trinajstić information content (AvgIpc) is 1.85. The molecule has 1 unspecified atom stereocenters. The van der Waals surface area contributed by atoms with Gasteiger partial charge in [0.1, 0.15) is 0 Å². The van der Waals surface area contributed by atoms with Crippen LogP contribution in [0, 0.1) is 5.92 Å². The highest BCUT2D eigenvalue weighted by Crippen LogP contribution is 2.24. The minimum Gasteiger partial charge on any atom is -0.384 e. The lowest BCUT2D eigenvalue weighted by molar-refractivity contribution is -0.207. The number of rotatable bonds is 3. The molecule has 0 aliphatic rings. The molecule has 0 bridgehead atoms. The van der Waals surface area contributed by atoms with E-state index < -0.39 is 30.5 Å². The van der Waals surface area contributed by atoms with Gasteiger partial charge in [-0.05, 0) is 6.42 Å². The van der Waals surface area contributed by atoms with Crippen molar-refractivity contribution < 1.29 is 23.1 Å². The van der Waals surface area contributed by atoms with E-state index in [4.69, 9.17) is 10.8 Å². The molecule has 0 fully saturated rings. The molecule has 72 valence electrons. The van der Waals surface area contributed by atoms with Gasteiger partial charge < -0.3 is 10.8 Å². The molecule has 0 aliphatic heterocycles. The van der Waals surface area contributed by atoms with E-state index >= 15 is 0 Å². The number of alkyl halides is 3. The zero-order valence-electron chi connectivity index (χ0n) is 6.43. The molecule has 0 heterocycles. The van der Waals surface area contributed by atoms with Crippen molar-refractivity contribution in [1.29, 1.82) is 0 Å². The fraction of sp³-hybridized carbons (Fsp3) is 0.833. The Balaban J connectivity index is 4.01. The lowest BCUT2D eigenvalue weighted by Gasteiger charge is -2.16. The zero-order chi connectivity index (χ0) is 9.94. The number of aliphatic hydroxyl groups excluding tert-OH is 1. The van der Waals surface area contributed by atoms with Crippen LogP contribution in [0.25, 0.3) is 0 Å². The summed E-state index contributed by atoms with van der Waals surface area (Å²) in [6, 6.07) is 0. The highest BCUT2D eigenvalue weighted by atomic mass is 19.4. The third kappa shape index (κ3) is 3.56. The maximum absolute atomic E-state index is 11.7. The van der Waals surface area contributed by atoms with E-state index in [-0.39, 0.29) is 0 Å². The molecule has 2 atom stereocenters. The summed E-state index contributed by atoms with van der Waals surface area (Å²) in [4.78, 5) is 10.3. The summed E-state index contributed by atoms with van der Waals surface area (Å²) in [6.07, 6.45) is -7.83. The van der Waals surface area contributed by atoms with E-state index in [0.29, 0.717) is 0 Å². The summed E-state index contributed by atoms with van der Waals surface area (Å²) in [5.74, 6) is -1.82. The Morgan fingerprint density at radius 3 is 2.25 bits per heavy atom. The number of nitrogens with two attached hydrogens (primary N) is 1. The summed E-state index contributed by atoms with van der Waals surface area (Å²) in [7, 11) is 0. The fourth-order valence-corrected chi connectivity index (χ4v) is 0.585. The number of carbonyl (C=O) groups is 1. The minimum absolute atomic E-state index is 0.682. The molecule has 0 saturated heterocycles. The van der Waals surface area contributed by atoms with Gasteiger partial charge in [0.25, 0.3) is 0 Å². The number of hydrogen-bond acceptors (Lipinski definition) is 2. The van der Waals surface area contributed by atoms with Gasteiger partial charge in [-0.3, -0.25) is 4.79 Å². The quantitative estimate of drug-likeness (QED) is 0.669. The standard InChI is InChI=1S/C6H10F3NO2/c1-3(5(10)12)2-4(11)6(7,8)9/h3-4,11H,2H2,1H3,(H2,10,12)/t3?,4-/m1/s1. The zero-order valence-corrected chi connectivity index (χ0v) is 6.43. The predicted molar refractivity (Wildman–Crippen MR) is 35.0 cm³/mol. The van der Waals surface area contributed by atoms with E-state index in [2.05, 4.69) is 0 Å². The molecule has 1 amide bonds. The van der Waals surface area contributed by atoms with Crippen molar-refractivity contribution in [3.05, 3.63) is 0 Å². The molecular formula is C6H10F3NO2. The first-order valence-electron chi connectivity index (χ1n) is 3.29. The maximum atomic E-state index is 11.7. The van der Waals surface area contributed by atoms with Crippen LogP contribution in [0.5, 0.6) is 0 Å². The molecule has 6 heteroatoms.